The van der Waals surface area contributed by atoms with Crippen LogP contribution in [0.25, 0.3) is 0 Å². The third-order valence-electron chi connectivity index (χ3n) is 3.01. The van der Waals surface area contributed by atoms with Gasteiger partial charge in [-0.3, -0.25) is 4.79 Å². The first-order valence-corrected chi connectivity index (χ1v) is 6.56. The monoisotopic (exact) mass is 297 g/mol. The van der Waals surface area contributed by atoms with E-state index in [-0.39, 0.29) is 11.5 Å². The van der Waals surface area contributed by atoms with Crippen LogP contribution in [0.4, 0.5) is 0 Å². The molecular formula is C13H16BrNO2. The average Bonchev–Trinajstić information content (AvgIpc) is 2.74. The number of ether oxygens (including phenoxy) is 1. The lowest BCUT2D eigenvalue weighted by Gasteiger charge is -2.23. The smallest absolute Gasteiger partial charge is 0.251 e. The van der Waals surface area contributed by atoms with Crippen LogP contribution in [0.15, 0.2) is 28.7 Å². The van der Waals surface area contributed by atoms with Gasteiger partial charge in [-0.15, -0.1) is 0 Å². The van der Waals surface area contributed by atoms with Crippen LogP contribution in [0.5, 0.6) is 0 Å². The predicted molar refractivity (Wildman–Crippen MR) is 70.1 cm³/mol. The fraction of sp³-hybridized carbons (Fsp3) is 0.462. The van der Waals surface area contributed by atoms with Crippen molar-refractivity contribution in [2.45, 2.75) is 25.4 Å². The second-order valence-corrected chi connectivity index (χ2v) is 5.51. The van der Waals surface area contributed by atoms with Gasteiger partial charge >= 0.3 is 0 Å². The summed E-state index contributed by atoms with van der Waals surface area (Å²) in [4.78, 5) is 11.9. The number of rotatable bonds is 3. The lowest BCUT2D eigenvalue weighted by molar-refractivity contribution is 0.0206. The molecule has 1 aliphatic rings. The normalized spacial score (nSPS) is 23.6. The zero-order chi connectivity index (χ0) is 12.3. The van der Waals surface area contributed by atoms with E-state index in [4.69, 9.17) is 4.74 Å². The van der Waals surface area contributed by atoms with Gasteiger partial charge in [0.25, 0.3) is 5.91 Å². The van der Waals surface area contributed by atoms with E-state index in [1.54, 1.807) is 6.07 Å². The van der Waals surface area contributed by atoms with Gasteiger partial charge in [-0.2, -0.15) is 0 Å². The van der Waals surface area contributed by atoms with Crippen LogP contribution in [0.1, 0.15) is 30.1 Å². The number of carbonyl (C=O) groups is 1. The maximum atomic E-state index is 11.9. The number of halogens is 1. The molecule has 1 aliphatic heterocycles. The first-order valence-electron chi connectivity index (χ1n) is 5.77. The topological polar surface area (TPSA) is 38.3 Å². The van der Waals surface area contributed by atoms with E-state index in [2.05, 4.69) is 21.2 Å². The highest BCUT2D eigenvalue weighted by atomic mass is 79.9. The Kier molecular flexibility index (Phi) is 3.84. The minimum atomic E-state index is -0.193. The molecule has 1 unspecified atom stereocenters. The highest BCUT2D eigenvalue weighted by Gasteiger charge is 2.30. The van der Waals surface area contributed by atoms with Crippen LogP contribution in [0.3, 0.4) is 0 Å². The summed E-state index contributed by atoms with van der Waals surface area (Å²) in [6.07, 6.45) is 2.08. The second-order valence-electron chi connectivity index (χ2n) is 4.59. The Bertz CT molecular complexity index is 414. The Morgan fingerprint density at radius 3 is 3.06 bits per heavy atom. The molecule has 1 amide bonds. The summed E-state index contributed by atoms with van der Waals surface area (Å²) in [5.74, 6) is -0.0528. The minimum absolute atomic E-state index is 0.0528. The lowest BCUT2D eigenvalue weighted by atomic mass is 10.0. The molecule has 1 heterocycles. The molecule has 2 rings (SSSR count). The summed E-state index contributed by atoms with van der Waals surface area (Å²) < 4.78 is 6.54. The summed E-state index contributed by atoms with van der Waals surface area (Å²) in [7, 11) is 0. The average molecular weight is 298 g/mol. The highest BCUT2D eigenvalue weighted by molar-refractivity contribution is 9.10. The molecule has 0 saturated carbocycles. The molecule has 1 aromatic rings. The van der Waals surface area contributed by atoms with Crippen molar-refractivity contribution in [3.63, 3.8) is 0 Å². The first kappa shape index (κ1) is 12.6. The number of hydrogen-bond acceptors (Lipinski definition) is 2. The van der Waals surface area contributed by atoms with Gasteiger partial charge in [-0.05, 0) is 38.0 Å². The van der Waals surface area contributed by atoms with E-state index in [9.17, 15) is 4.79 Å². The standard InChI is InChI=1S/C13H16BrNO2/c1-13(6-3-7-17-13)9-15-12(16)10-4-2-5-11(14)8-10/h2,4-5,8H,3,6-7,9H2,1H3,(H,15,16). The molecule has 1 aromatic carbocycles. The molecule has 0 bridgehead atoms. The Hall–Kier alpha value is -0.870. The van der Waals surface area contributed by atoms with Gasteiger partial charge in [0, 0.05) is 23.2 Å². The third-order valence-corrected chi connectivity index (χ3v) is 3.50. The van der Waals surface area contributed by atoms with Gasteiger partial charge in [0.15, 0.2) is 0 Å². The fourth-order valence-corrected chi connectivity index (χ4v) is 2.37. The van der Waals surface area contributed by atoms with Crippen molar-refractivity contribution in [2.75, 3.05) is 13.2 Å². The maximum absolute atomic E-state index is 11.9. The molecule has 92 valence electrons. The molecule has 3 nitrogen and oxygen atoms in total. The molecule has 1 N–H and O–H groups in total. The zero-order valence-electron chi connectivity index (χ0n) is 9.83. The molecule has 17 heavy (non-hydrogen) atoms. The zero-order valence-corrected chi connectivity index (χ0v) is 11.4. The highest BCUT2D eigenvalue weighted by Crippen LogP contribution is 2.24. The quantitative estimate of drug-likeness (QED) is 0.932. The molecule has 1 atom stereocenters. The van der Waals surface area contributed by atoms with E-state index < -0.39 is 0 Å². The second kappa shape index (κ2) is 5.19. The van der Waals surface area contributed by atoms with Gasteiger partial charge in [0.1, 0.15) is 0 Å². The van der Waals surface area contributed by atoms with Crippen LogP contribution >= 0.6 is 15.9 Å². The van der Waals surface area contributed by atoms with Crippen LogP contribution in [0.2, 0.25) is 0 Å². The van der Waals surface area contributed by atoms with Gasteiger partial charge in [-0.25, -0.2) is 0 Å². The SMILES string of the molecule is CC1(CNC(=O)c2cccc(Br)c2)CCCO1. The van der Waals surface area contributed by atoms with E-state index in [1.165, 1.54) is 0 Å². The Labute approximate surface area is 110 Å². The lowest BCUT2D eigenvalue weighted by Crippen LogP contribution is -2.40. The fourth-order valence-electron chi connectivity index (χ4n) is 1.98. The Morgan fingerprint density at radius 2 is 2.41 bits per heavy atom. The van der Waals surface area contributed by atoms with Crippen molar-refractivity contribution < 1.29 is 9.53 Å². The van der Waals surface area contributed by atoms with Crippen molar-refractivity contribution in [3.05, 3.63) is 34.3 Å². The molecule has 4 heteroatoms. The number of carbonyl (C=O) groups excluding carboxylic acids is 1. The van der Waals surface area contributed by atoms with E-state index in [0.29, 0.717) is 12.1 Å². The van der Waals surface area contributed by atoms with Crippen LogP contribution < -0.4 is 5.32 Å². The van der Waals surface area contributed by atoms with E-state index in [0.717, 1.165) is 23.9 Å². The molecule has 1 fully saturated rings. The summed E-state index contributed by atoms with van der Waals surface area (Å²) in [5.41, 5.74) is 0.475. The molecular weight excluding hydrogens is 282 g/mol. The van der Waals surface area contributed by atoms with Crippen LogP contribution in [-0.4, -0.2) is 24.7 Å². The molecule has 0 radical (unpaired) electrons. The molecule has 1 saturated heterocycles. The van der Waals surface area contributed by atoms with Crippen molar-refractivity contribution >= 4 is 21.8 Å². The van der Waals surface area contributed by atoms with Crippen molar-refractivity contribution in [1.82, 2.24) is 5.32 Å². The molecule has 0 aromatic heterocycles. The maximum Gasteiger partial charge on any atom is 0.251 e. The predicted octanol–water partition coefficient (Wildman–Crippen LogP) is 2.75. The van der Waals surface area contributed by atoms with Gasteiger partial charge in [0.2, 0.25) is 0 Å². The largest absolute Gasteiger partial charge is 0.373 e. The van der Waals surface area contributed by atoms with Crippen molar-refractivity contribution in [2.24, 2.45) is 0 Å². The van der Waals surface area contributed by atoms with Gasteiger partial charge in [0.05, 0.1) is 5.60 Å². The number of nitrogens with one attached hydrogen (secondary N) is 1. The van der Waals surface area contributed by atoms with Crippen LogP contribution in [-0.2, 0) is 4.74 Å². The summed E-state index contributed by atoms with van der Waals surface area (Å²) in [5, 5.41) is 2.92. The van der Waals surface area contributed by atoms with Gasteiger partial charge in [-0.1, -0.05) is 22.0 Å². The van der Waals surface area contributed by atoms with Crippen molar-refractivity contribution in [3.8, 4) is 0 Å². The minimum Gasteiger partial charge on any atom is -0.373 e. The van der Waals surface area contributed by atoms with E-state index in [1.807, 2.05) is 25.1 Å². The van der Waals surface area contributed by atoms with Crippen molar-refractivity contribution in [1.29, 1.82) is 0 Å². The molecule has 0 spiro atoms. The Balaban J connectivity index is 1.93. The molecule has 0 aliphatic carbocycles. The Morgan fingerprint density at radius 1 is 1.59 bits per heavy atom. The van der Waals surface area contributed by atoms with Gasteiger partial charge < -0.3 is 10.1 Å². The summed E-state index contributed by atoms with van der Waals surface area (Å²) >= 11 is 3.35. The van der Waals surface area contributed by atoms with E-state index >= 15 is 0 Å². The summed E-state index contributed by atoms with van der Waals surface area (Å²) in [6.45, 7) is 3.41. The summed E-state index contributed by atoms with van der Waals surface area (Å²) in [6, 6.07) is 7.37. The number of amides is 1. The first-order chi connectivity index (χ1) is 8.09. The number of hydrogen-bond donors (Lipinski definition) is 1. The van der Waals surface area contributed by atoms with Crippen LogP contribution in [0, 0.1) is 0 Å². The number of benzene rings is 1. The third kappa shape index (κ3) is 3.30.